The van der Waals surface area contributed by atoms with E-state index in [1.165, 1.54) is 7.05 Å². The van der Waals surface area contributed by atoms with Crippen molar-refractivity contribution in [3.63, 3.8) is 0 Å². The van der Waals surface area contributed by atoms with Gasteiger partial charge in [0.2, 0.25) is 0 Å². The molecule has 0 heterocycles. The molecule has 0 fully saturated rings. The summed E-state index contributed by atoms with van der Waals surface area (Å²) in [5.74, 6) is 0. The Bertz CT molecular complexity index is 97.1. The quantitative estimate of drug-likeness (QED) is 0.390. The predicted octanol–water partition coefficient (Wildman–Crippen LogP) is -0.831. The molecule has 0 aromatic rings. The minimum atomic E-state index is -2.01. The molecule has 9 heavy (non-hydrogen) atoms. The first-order valence-corrected chi connectivity index (χ1v) is 3.71. The Kier molecular flexibility index (Phi) is 4.30. The minimum Gasteiger partial charge on any atom is -0.349 e. The van der Waals surface area contributed by atoms with Crippen LogP contribution in [0, 0.1) is 0 Å². The summed E-state index contributed by atoms with van der Waals surface area (Å²) >= 11 is 0. The largest absolute Gasteiger partial charge is 0.349 e. The molecule has 0 aliphatic carbocycles. The summed E-state index contributed by atoms with van der Waals surface area (Å²) in [6, 6.07) is -0.411. The molecule has 0 saturated heterocycles. The monoisotopic (exact) mass is 152 g/mol. The van der Waals surface area contributed by atoms with E-state index >= 15 is 0 Å². The van der Waals surface area contributed by atoms with E-state index in [1.54, 1.807) is 0 Å². The highest BCUT2D eigenvalue weighted by molar-refractivity contribution is 7.45. The molecule has 2 amide bonds. The van der Waals surface area contributed by atoms with Crippen molar-refractivity contribution in [2.24, 2.45) is 0 Å². The molecule has 0 bridgehead atoms. The number of carbonyl (C=O) groups is 1. The van der Waals surface area contributed by atoms with Gasteiger partial charge in [0, 0.05) is 7.05 Å². The lowest BCUT2D eigenvalue weighted by atomic mass is 11.0. The zero-order chi connectivity index (χ0) is 7.28. The van der Waals surface area contributed by atoms with Crippen molar-refractivity contribution in [1.82, 2.24) is 10.6 Å². The van der Waals surface area contributed by atoms with E-state index in [2.05, 4.69) is 10.6 Å². The van der Waals surface area contributed by atoms with Gasteiger partial charge in [-0.05, 0) is 0 Å². The maximum Gasteiger partial charge on any atom is 0.314 e. The van der Waals surface area contributed by atoms with Crippen molar-refractivity contribution >= 4 is 14.4 Å². The topological polar surface area (TPSA) is 81.6 Å². The molecule has 0 aliphatic heterocycles. The first kappa shape index (κ1) is 8.62. The second-order valence-corrected chi connectivity index (χ2v) is 2.35. The van der Waals surface area contributed by atoms with Gasteiger partial charge >= 0.3 is 6.03 Å². The maximum atomic E-state index is 10.3. The number of hydrogen-bond acceptors (Lipinski definition) is 3. The summed E-state index contributed by atoms with van der Waals surface area (Å²) in [6.07, 6.45) is -0.0883. The lowest BCUT2D eigenvalue weighted by molar-refractivity contribution is 0.244. The molecular formula is C3H9N2O3P. The number of carbonyl (C=O) groups excluding carboxylic acids is 1. The van der Waals surface area contributed by atoms with Gasteiger partial charge in [0.15, 0.2) is 8.38 Å². The number of amides is 2. The third-order valence-electron chi connectivity index (χ3n) is 0.608. The predicted molar refractivity (Wildman–Crippen MR) is 33.8 cm³/mol. The highest BCUT2D eigenvalue weighted by Crippen LogP contribution is 2.18. The van der Waals surface area contributed by atoms with Crippen molar-refractivity contribution < 1.29 is 14.6 Å². The SMILES string of the molecule is CNC(=O)NCP(O)O. The Morgan fingerprint density at radius 3 is 2.56 bits per heavy atom. The zero-order valence-electron chi connectivity index (χ0n) is 4.96. The van der Waals surface area contributed by atoms with Gasteiger partial charge < -0.3 is 20.4 Å². The number of hydrogen-bond donors (Lipinski definition) is 4. The third kappa shape index (κ3) is 5.49. The van der Waals surface area contributed by atoms with Gasteiger partial charge in [-0.15, -0.1) is 0 Å². The van der Waals surface area contributed by atoms with Crippen molar-refractivity contribution in [2.75, 3.05) is 13.3 Å². The zero-order valence-corrected chi connectivity index (χ0v) is 5.85. The highest BCUT2D eigenvalue weighted by atomic mass is 31.2. The molecule has 5 nitrogen and oxygen atoms in total. The normalized spacial score (nSPS) is 9.33. The van der Waals surface area contributed by atoms with Crippen molar-refractivity contribution in [3.8, 4) is 0 Å². The van der Waals surface area contributed by atoms with Crippen LogP contribution < -0.4 is 10.6 Å². The van der Waals surface area contributed by atoms with Crippen LogP contribution in [0.5, 0.6) is 0 Å². The maximum absolute atomic E-state index is 10.3. The molecular weight excluding hydrogens is 143 g/mol. The van der Waals surface area contributed by atoms with Crippen LogP contribution in [0.25, 0.3) is 0 Å². The third-order valence-corrected chi connectivity index (χ3v) is 1.05. The molecule has 0 unspecified atom stereocenters. The van der Waals surface area contributed by atoms with Gasteiger partial charge in [0.1, 0.15) is 0 Å². The fourth-order valence-electron chi connectivity index (χ4n) is 0.231. The summed E-state index contributed by atoms with van der Waals surface area (Å²) < 4.78 is 0. The van der Waals surface area contributed by atoms with E-state index < -0.39 is 14.4 Å². The Balaban J connectivity index is 3.17. The van der Waals surface area contributed by atoms with E-state index in [0.717, 1.165) is 0 Å². The lowest BCUT2D eigenvalue weighted by Crippen LogP contribution is -2.32. The first-order valence-electron chi connectivity index (χ1n) is 2.27. The molecule has 6 heteroatoms. The standard InChI is InChI=1S/C3H9N2O3P/c1-4-3(6)5-2-9(7)8/h7-8H,2H2,1H3,(H2,4,5,6). The van der Waals surface area contributed by atoms with Crippen molar-refractivity contribution in [1.29, 1.82) is 0 Å². The van der Waals surface area contributed by atoms with Crippen molar-refractivity contribution in [2.45, 2.75) is 0 Å². The van der Waals surface area contributed by atoms with Crippen LogP contribution in [-0.4, -0.2) is 29.2 Å². The average Bonchev–Trinajstić information content (AvgIpc) is 1.83. The van der Waals surface area contributed by atoms with Gasteiger partial charge in [0.25, 0.3) is 0 Å². The van der Waals surface area contributed by atoms with E-state index in [1.807, 2.05) is 0 Å². The highest BCUT2D eigenvalue weighted by Gasteiger charge is 1.99. The Hall–Kier alpha value is -0.380. The summed E-state index contributed by atoms with van der Waals surface area (Å²) in [5.41, 5.74) is 0. The van der Waals surface area contributed by atoms with Crippen LogP contribution in [0.15, 0.2) is 0 Å². The van der Waals surface area contributed by atoms with Crippen LogP contribution in [0.1, 0.15) is 0 Å². The Morgan fingerprint density at radius 1 is 1.67 bits per heavy atom. The average molecular weight is 152 g/mol. The van der Waals surface area contributed by atoms with Crippen LogP contribution in [0.4, 0.5) is 4.79 Å². The molecule has 0 spiro atoms. The van der Waals surface area contributed by atoms with Gasteiger partial charge in [-0.1, -0.05) is 0 Å². The smallest absolute Gasteiger partial charge is 0.314 e. The first-order chi connectivity index (χ1) is 4.16. The van der Waals surface area contributed by atoms with Gasteiger partial charge in [0.05, 0.1) is 6.29 Å². The molecule has 54 valence electrons. The summed E-state index contributed by atoms with van der Waals surface area (Å²) in [5, 5.41) is 4.47. The van der Waals surface area contributed by atoms with E-state index in [9.17, 15) is 4.79 Å². The van der Waals surface area contributed by atoms with E-state index in [-0.39, 0.29) is 6.29 Å². The van der Waals surface area contributed by atoms with Crippen LogP contribution in [0.2, 0.25) is 0 Å². The molecule has 4 N–H and O–H groups in total. The Morgan fingerprint density at radius 2 is 2.22 bits per heavy atom. The molecule has 0 radical (unpaired) electrons. The van der Waals surface area contributed by atoms with Crippen LogP contribution >= 0.6 is 8.38 Å². The Labute approximate surface area is 54.0 Å². The van der Waals surface area contributed by atoms with Crippen LogP contribution in [-0.2, 0) is 0 Å². The van der Waals surface area contributed by atoms with Gasteiger partial charge in [-0.3, -0.25) is 0 Å². The van der Waals surface area contributed by atoms with Crippen molar-refractivity contribution in [3.05, 3.63) is 0 Å². The molecule has 0 saturated carbocycles. The molecule has 0 atom stereocenters. The number of nitrogens with one attached hydrogen (secondary N) is 2. The second-order valence-electron chi connectivity index (χ2n) is 1.29. The summed E-state index contributed by atoms with van der Waals surface area (Å²) in [7, 11) is -0.560. The van der Waals surface area contributed by atoms with Crippen LogP contribution in [0.3, 0.4) is 0 Å². The van der Waals surface area contributed by atoms with Gasteiger partial charge in [-0.2, -0.15) is 0 Å². The lowest BCUT2D eigenvalue weighted by Gasteiger charge is -2.03. The molecule has 0 aromatic carbocycles. The molecule has 0 aromatic heterocycles. The van der Waals surface area contributed by atoms with E-state index in [4.69, 9.17) is 9.79 Å². The molecule has 0 rings (SSSR count). The van der Waals surface area contributed by atoms with Gasteiger partial charge in [-0.25, -0.2) is 4.79 Å². The molecule has 0 aliphatic rings. The fraction of sp³-hybridized carbons (Fsp3) is 0.667. The minimum absolute atomic E-state index is 0.0883. The summed E-state index contributed by atoms with van der Waals surface area (Å²) in [4.78, 5) is 26.8. The number of rotatable bonds is 2. The second kappa shape index (κ2) is 4.49. The fourth-order valence-corrected chi connectivity index (χ4v) is 0.516. The van der Waals surface area contributed by atoms with E-state index in [0.29, 0.717) is 0 Å². The summed E-state index contributed by atoms with van der Waals surface area (Å²) in [6.45, 7) is 0. The number of urea groups is 1.